The maximum atomic E-state index is 15.1. The molecule has 1 aliphatic carbocycles. The van der Waals surface area contributed by atoms with Crippen LogP contribution in [0.2, 0.25) is 0 Å². The first-order valence-electron chi connectivity index (χ1n) is 20.0. The van der Waals surface area contributed by atoms with Gasteiger partial charge in [0.25, 0.3) is 11.5 Å². The molecule has 4 aromatic heterocycles. The zero-order chi connectivity index (χ0) is 43.5. The number of ether oxygens (including phenoxy) is 1. The predicted molar refractivity (Wildman–Crippen MR) is 222 cm³/mol. The summed E-state index contributed by atoms with van der Waals surface area (Å²) >= 11 is 0. The van der Waals surface area contributed by atoms with E-state index in [0.29, 0.717) is 63.8 Å². The summed E-state index contributed by atoms with van der Waals surface area (Å²) in [5.74, 6) is 0.0919. The Labute approximate surface area is 352 Å². The molecule has 7 aromatic rings. The minimum absolute atomic E-state index is 0.138. The van der Waals surface area contributed by atoms with Crippen molar-refractivity contribution >= 4 is 22.6 Å². The van der Waals surface area contributed by atoms with E-state index in [9.17, 15) is 22.8 Å². The Balaban J connectivity index is 1.02. The van der Waals surface area contributed by atoms with Crippen molar-refractivity contribution in [1.29, 1.82) is 0 Å². The van der Waals surface area contributed by atoms with Gasteiger partial charge in [-0.15, -0.1) is 0 Å². The Morgan fingerprint density at radius 2 is 1.71 bits per heavy atom. The fraction of sp³-hybridized carbons (Fsp3) is 0.295. The number of amides is 1. The number of halogens is 4. The largest absolute Gasteiger partial charge is 0.480 e. The van der Waals surface area contributed by atoms with Crippen molar-refractivity contribution in [3.05, 3.63) is 136 Å². The molecule has 2 N–H and O–H groups in total. The molecule has 0 spiro atoms. The van der Waals surface area contributed by atoms with Crippen molar-refractivity contribution in [2.75, 3.05) is 25.1 Å². The standard InChI is InChI=1S/C44H41F4N11O3/c1-25(2)59-22-35(44(46,47)48)54-39(59)29-12-9-26(10-13-29)21-58(43-53-24-51-38(55-43)36-37(28-14-15-28)50-23-52-42(36)62-3)18-6-17-49-40(60)32-19-27(11-16-33(32)45)20-34-30-7-4-5-8-31(30)41(61)57-56-34/h4-5,7-13,16,19,22-25,28H,6,14-15,17-18,20-21H2,1-3H3,(H,49,60)(H,57,61). The first kappa shape index (κ1) is 41.6. The number of nitrogens with one attached hydrogen (secondary N) is 2. The van der Waals surface area contributed by atoms with Gasteiger partial charge in [-0.3, -0.25) is 9.59 Å². The molecule has 1 fully saturated rings. The highest BCUT2D eigenvalue weighted by Gasteiger charge is 2.35. The van der Waals surface area contributed by atoms with Gasteiger partial charge < -0.3 is 19.5 Å². The van der Waals surface area contributed by atoms with Crippen LogP contribution in [0.5, 0.6) is 5.88 Å². The molecule has 3 aromatic carbocycles. The van der Waals surface area contributed by atoms with E-state index in [-0.39, 0.29) is 48.4 Å². The van der Waals surface area contributed by atoms with Gasteiger partial charge in [-0.1, -0.05) is 48.5 Å². The summed E-state index contributed by atoms with van der Waals surface area (Å²) in [6, 6.07) is 18.1. The molecule has 1 amide bonds. The number of aromatic nitrogens is 9. The van der Waals surface area contributed by atoms with E-state index in [0.717, 1.165) is 30.3 Å². The smallest absolute Gasteiger partial charge is 0.434 e. The first-order valence-corrected chi connectivity index (χ1v) is 20.0. The highest BCUT2D eigenvalue weighted by atomic mass is 19.4. The number of carbonyl (C=O) groups excluding carboxylic acids is 1. The summed E-state index contributed by atoms with van der Waals surface area (Å²) < 4.78 is 63.1. The molecule has 1 saturated carbocycles. The van der Waals surface area contributed by atoms with Crippen LogP contribution in [0.15, 0.2) is 90.4 Å². The van der Waals surface area contributed by atoms with E-state index in [1.807, 2.05) is 4.90 Å². The number of rotatable bonds is 15. The van der Waals surface area contributed by atoms with Gasteiger partial charge in [0, 0.05) is 55.2 Å². The third-order valence-corrected chi connectivity index (χ3v) is 10.5. The van der Waals surface area contributed by atoms with Crippen LogP contribution in [0.4, 0.5) is 23.5 Å². The number of anilines is 1. The summed E-state index contributed by atoms with van der Waals surface area (Å²) in [6.07, 6.45) is 1.84. The Kier molecular flexibility index (Phi) is 11.7. The van der Waals surface area contributed by atoms with E-state index in [4.69, 9.17) is 9.72 Å². The van der Waals surface area contributed by atoms with Gasteiger partial charge in [0.15, 0.2) is 11.5 Å². The molecule has 0 bridgehead atoms. The number of alkyl halides is 3. The van der Waals surface area contributed by atoms with Crippen LogP contribution in [0.3, 0.4) is 0 Å². The Morgan fingerprint density at radius 3 is 2.44 bits per heavy atom. The topological polar surface area (TPSA) is 170 Å². The lowest BCUT2D eigenvalue weighted by Crippen LogP contribution is -2.31. The van der Waals surface area contributed by atoms with E-state index >= 15 is 4.39 Å². The molecule has 18 heteroatoms. The van der Waals surface area contributed by atoms with Gasteiger partial charge in [-0.05, 0) is 62.4 Å². The van der Waals surface area contributed by atoms with Crippen molar-refractivity contribution in [3.8, 4) is 28.7 Å². The fourth-order valence-electron chi connectivity index (χ4n) is 7.26. The number of imidazole rings is 1. The van der Waals surface area contributed by atoms with E-state index in [2.05, 4.69) is 40.4 Å². The average Bonchev–Trinajstić information content (AvgIpc) is 4.02. The molecule has 14 nitrogen and oxygen atoms in total. The lowest BCUT2D eigenvalue weighted by molar-refractivity contribution is -0.140. The number of hydrogen-bond acceptors (Lipinski definition) is 11. The van der Waals surface area contributed by atoms with E-state index in [1.165, 1.54) is 36.5 Å². The number of benzene rings is 3. The summed E-state index contributed by atoms with van der Waals surface area (Å²) in [7, 11) is 1.51. The normalized spacial score (nSPS) is 12.8. The second-order valence-corrected chi connectivity index (χ2v) is 15.2. The maximum absolute atomic E-state index is 15.1. The van der Waals surface area contributed by atoms with Crippen molar-refractivity contribution in [1.82, 2.24) is 50.0 Å². The van der Waals surface area contributed by atoms with Crippen LogP contribution in [-0.2, 0) is 19.1 Å². The second-order valence-electron chi connectivity index (χ2n) is 15.2. The zero-order valence-electron chi connectivity index (χ0n) is 33.9. The van der Waals surface area contributed by atoms with Gasteiger partial charge in [0.05, 0.1) is 29.4 Å². The van der Waals surface area contributed by atoms with Crippen molar-refractivity contribution in [3.63, 3.8) is 0 Å². The number of aromatic amines is 1. The quantitative estimate of drug-likeness (QED) is 0.0776. The van der Waals surface area contributed by atoms with Crippen molar-refractivity contribution in [2.45, 2.75) is 64.2 Å². The molecule has 0 saturated heterocycles. The molecule has 318 valence electrons. The lowest BCUT2D eigenvalue weighted by atomic mass is 10.0. The molecule has 0 unspecified atom stereocenters. The second kappa shape index (κ2) is 17.5. The molecule has 0 aliphatic heterocycles. The summed E-state index contributed by atoms with van der Waals surface area (Å²) in [5, 5.41) is 10.7. The third-order valence-electron chi connectivity index (χ3n) is 10.5. The summed E-state index contributed by atoms with van der Waals surface area (Å²) in [5.41, 5.74) is 2.45. The Hall–Kier alpha value is -7.11. The van der Waals surface area contributed by atoms with Crippen molar-refractivity contribution < 1.29 is 27.1 Å². The molecular weight excluding hydrogens is 807 g/mol. The Bertz CT molecular complexity index is 2810. The number of methoxy groups -OCH3 is 1. The summed E-state index contributed by atoms with van der Waals surface area (Å²) in [4.78, 5) is 54.2. The molecule has 8 rings (SSSR count). The van der Waals surface area contributed by atoms with E-state index < -0.39 is 23.6 Å². The average molecular weight is 848 g/mol. The SMILES string of the molecule is COc1ncnc(C2CC2)c1-c1ncnc(N(CCCNC(=O)c2cc(Cc3n[nH]c(=O)c4ccccc34)ccc2F)Cc2ccc(-c3nc(C(F)(F)F)cn3C(C)C)cc2)n1. The van der Waals surface area contributed by atoms with Gasteiger partial charge in [-0.2, -0.15) is 23.3 Å². The van der Waals surface area contributed by atoms with Gasteiger partial charge in [0.1, 0.15) is 29.9 Å². The number of H-pyrrole nitrogens is 1. The number of carbonyl (C=O) groups is 1. The van der Waals surface area contributed by atoms with Crippen LogP contribution in [0.25, 0.3) is 33.5 Å². The molecule has 4 heterocycles. The van der Waals surface area contributed by atoms with Gasteiger partial charge in [-0.25, -0.2) is 34.4 Å². The lowest BCUT2D eigenvalue weighted by Gasteiger charge is -2.23. The Morgan fingerprint density at radius 1 is 0.968 bits per heavy atom. The fourth-order valence-corrected chi connectivity index (χ4v) is 7.26. The number of fused-ring (bicyclic) bond motifs is 1. The van der Waals surface area contributed by atoms with E-state index in [1.54, 1.807) is 68.4 Å². The van der Waals surface area contributed by atoms with Crippen LogP contribution in [0, 0.1) is 5.82 Å². The molecule has 62 heavy (non-hydrogen) atoms. The number of nitrogens with zero attached hydrogens (tertiary/aromatic N) is 9. The summed E-state index contributed by atoms with van der Waals surface area (Å²) in [6.45, 7) is 4.33. The third kappa shape index (κ3) is 8.99. The molecule has 1 aliphatic rings. The molecule has 0 radical (unpaired) electrons. The van der Waals surface area contributed by atoms with Crippen LogP contribution < -0.4 is 20.5 Å². The maximum Gasteiger partial charge on any atom is 0.434 e. The monoisotopic (exact) mass is 847 g/mol. The molecule has 0 atom stereocenters. The van der Waals surface area contributed by atoms with Crippen LogP contribution >= 0.6 is 0 Å². The van der Waals surface area contributed by atoms with Crippen LogP contribution in [0.1, 0.15) is 83.6 Å². The highest BCUT2D eigenvalue weighted by molar-refractivity contribution is 5.94. The first-order chi connectivity index (χ1) is 29.9. The van der Waals surface area contributed by atoms with Crippen LogP contribution in [-0.4, -0.2) is 70.8 Å². The predicted octanol–water partition coefficient (Wildman–Crippen LogP) is 7.47. The van der Waals surface area contributed by atoms with Gasteiger partial charge >= 0.3 is 6.18 Å². The number of hydrogen-bond donors (Lipinski definition) is 2. The van der Waals surface area contributed by atoms with Crippen molar-refractivity contribution in [2.24, 2.45) is 0 Å². The highest BCUT2D eigenvalue weighted by Crippen LogP contribution is 2.45. The molecular formula is C44H41F4N11O3. The minimum atomic E-state index is -4.59. The van der Waals surface area contributed by atoms with Gasteiger partial charge in [0.2, 0.25) is 11.8 Å². The minimum Gasteiger partial charge on any atom is -0.480 e. The zero-order valence-corrected chi connectivity index (χ0v) is 33.9.